The Morgan fingerprint density at radius 2 is 1.86 bits per heavy atom. The third-order valence-electron chi connectivity index (χ3n) is 6.05. The van der Waals surface area contributed by atoms with Crippen LogP contribution < -0.4 is 11.1 Å². The fourth-order valence-corrected chi connectivity index (χ4v) is 6.00. The first kappa shape index (κ1) is 27.9. The van der Waals surface area contributed by atoms with E-state index in [0.717, 1.165) is 9.69 Å². The van der Waals surface area contributed by atoms with Crippen LogP contribution in [-0.2, 0) is 24.4 Å². The van der Waals surface area contributed by atoms with Gasteiger partial charge in [-0.3, -0.25) is 14.4 Å². The summed E-state index contributed by atoms with van der Waals surface area (Å²) in [5, 5.41) is 13.4. The summed E-state index contributed by atoms with van der Waals surface area (Å²) >= 11 is 6.01. The molecule has 196 valence electrons. The Bertz CT molecular complexity index is 1220. The number of aliphatic hydroxyl groups is 1. The maximum absolute atomic E-state index is 13.5. The van der Waals surface area contributed by atoms with Crippen molar-refractivity contribution in [2.24, 2.45) is 5.73 Å². The number of likely N-dealkylation sites (tertiary alicyclic amines) is 1. The molecule has 1 aliphatic heterocycles. The number of sulfonamides is 1. The van der Waals surface area contributed by atoms with Crippen LogP contribution in [0.2, 0.25) is 5.02 Å². The summed E-state index contributed by atoms with van der Waals surface area (Å²) in [4.78, 5) is 38.2. The Morgan fingerprint density at radius 3 is 2.58 bits per heavy atom. The molecule has 1 unspecified atom stereocenters. The Kier molecular flexibility index (Phi) is 9.66. The minimum atomic E-state index is -4.20. The number of unbranched alkanes of at least 4 members (excludes halogenated alkanes) is 1. The molecule has 3 amide bonds. The first-order valence-electron chi connectivity index (χ1n) is 11.8. The van der Waals surface area contributed by atoms with E-state index in [9.17, 15) is 22.8 Å². The number of primary amides is 1. The Balaban J connectivity index is 1.68. The molecule has 4 N–H and O–H groups in total. The van der Waals surface area contributed by atoms with E-state index in [1.165, 1.54) is 12.1 Å². The molecule has 0 aromatic heterocycles. The van der Waals surface area contributed by atoms with Gasteiger partial charge in [0.05, 0.1) is 11.4 Å². The summed E-state index contributed by atoms with van der Waals surface area (Å²) in [6.45, 7) is 0.528. The van der Waals surface area contributed by atoms with E-state index in [2.05, 4.69) is 5.32 Å². The molecule has 0 aliphatic carbocycles. The number of carbonyl (C=O) groups excluding carboxylic acids is 3. The number of halogens is 1. The Morgan fingerprint density at radius 1 is 1.14 bits per heavy atom. The fraction of sp³-hybridized carbons (Fsp3) is 0.458. The molecule has 0 spiro atoms. The highest BCUT2D eigenvalue weighted by Gasteiger charge is 2.42. The van der Waals surface area contributed by atoms with Crippen molar-refractivity contribution in [1.82, 2.24) is 14.5 Å². The number of hydrogen-bond donors (Lipinski definition) is 3. The molecule has 1 fully saturated rings. The van der Waals surface area contributed by atoms with Crippen LogP contribution in [0.25, 0.3) is 10.8 Å². The quantitative estimate of drug-likeness (QED) is 0.326. The number of nitrogens with one attached hydrogen (secondary N) is 1. The molecule has 2 aromatic rings. The largest absolute Gasteiger partial charge is 0.396 e. The van der Waals surface area contributed by atoms with E-state index in [0.29, 0.717) is 55.7 Å². The molecule has 0 radical (unpaired) electrons. The third kappa shape index (κ3) is 6.94. The van der Waals surface area contributed by atoms with E-state index in [1.807, 2.05) is 0 Å². The summed E-state index contributed by atoms with van der Waals surface area (Å²) in [6.07, 6.45) is 2.15. The highest BCUT2D eigenvalue weighted by atomic mass is 35.5. The monoisotopic (exact) mass is 538 g/mol. The molecular formula is C24H31ClN4O6S. The van der Waals surface area contributed by atoms with Crippen LogP contribution in [0.3, 0.4) is 0 Å². The van der Waals surface area contributed by atoms with Crippen LogP contribution in [0.4, 0.5) is 0 Å². The van der Waals surface area contributed by atoms with E-state index in [4.69, 9.17) is 22.4 Å². The van der Waals surface area contributed by atoms with Gasteiger partial charge in [-0.2, -0.15) is 4.31 Å². The number of nitrogens with two attached hydrogens (primary N) is 1. The molecule has 1 atom stereocenters. The van der Waals surface area contributed by atoms with E-state index < -0.39 is 28.5 Å². The number of nitrogens with zero attached hydrogens (tertiary/aromatic N) is 2. The highest BCUT2D eigenvalue weighted by Crippen LogP contribution is 2.28. The van der Waals surface area contributed by atoms with Crippen molar-refractivity contribution < 1.29 is 27.9 Å². The molecular weight excluding hydrogens is 508 g/mol. The second kappa shape index (κ2) is 12.5. The predicted octanol–water partition coefficient (Wildman–Crippen LogP) is 1.24. The van der Waals surface area contributed by atoms with Crippen molar-refractivity contribution in [2.75, 3.05) is 32.8 Å². The lowest BCUT2D eigenvalue weighted by atomic mass is 10.1. The molecule has 1 saturated heterocycles. The van der Waals surface area contributed by atoms with Gasteiger partial charge in [-0.05, 0) is 60.7 Å². The fourth-order valence-electron chi connectivity index (χ4n) is 4.20. The Labute approximate surface area is 215 Å². The van der Waals surface area contributed by atoms with Gasteiger partial charge in [0.1, 0.15) is 6.04 Å². The van der Waals surface area contributed by atoms with E-state index in [-0.39, 0.29) is 29.7 Å². The SMILES string of the molecule is NC(=O)CN(C1CCN(CCCCC(=O)NCCCO)C1=O)S(=O)(=O)c1ccc2cc(Cl)ccc2c1. The van der Waals surface area contributed by atoms with E-state index >= 15 is 0 Å². The summed E-state index contributed by atoms with van der Waals surface area (Å²) in [6, 6.07) is 8.56. The van der Waals surface area contributed by atoms with Gasteiger partial charge in [-0.1, -0.05) is 23.7 Å². The van der Waals surface area contributed by atoms with Crippen LogP contribution in [-0.4, -0.2) is 79.3 Å². The van der Waals surface area contributed by atoms with Gasteiger partial charge >= 0.3 is 0 Å². The number of benzene rings is 2. The molecule has 2 aromatic carbocycles. The lowest BCUT2D eigenvalue weighted by Crippen LogP contribution is -2.48. The van der Waals surface area contributed by atoms with Gasteiger partial charge in [0.25, 0.3) is 0 Å². The lowest BCUT2D eigenvalue weighted by molar-refractivity contribution is -0.131. The number of hydrogen-bond acceptors (Lipinski definition) is 6. The molecule has 3 rings (SSSR count). The number of amides is 3. The second-order valence-corrected chi connectivity index (χ2v) is 11.0. The number of aliphatic hydroxyl groups excluding tert-OH is 1. The summed E-state index contributed by atoms with van der Waals surface area (Å²) < 4.78 is 27.9. The Hall–Kier alpha value is -2.73. The van der Waals surface area contributed by atoms with Crippen molar-refractivity contribution in [3.63, 3.8) is 0 Å². The topological polar surface area (TPSA) is 150 Å². The molecule has 0 saturated carbocycles. The predicted molar refractivity (Wildman–Crippen MR) is 136 cm³/mol. The number of carbonyl (C=O) groups is 3. The van der Waals surface area contributed by atoms with Gasteiger partial charge < -0.3 is 21.1 Å². The molecule has 10 nitrogen and oxygen atoms in total. The van der Waals surface area contributed by atoms with Crippen molar-refractivity contribution in [3.8, 4) is 0 Å². The van der Waals surface area contributed by atoms with Crippen molar-refractivity contribution in [3.05, 3.63) is 41.4 Å². The number of fused-ring (bicyclic) bond motifs is 1. The minimum Gasteiger partial charge on any atom is -0.396 e. The average Bonchev–Trinajstić information content (AvgIpc) is 3.19. The first-order valence-corrected chi connectivity index (χ1v) is 13.6. The maximum atomic E-state index is 13.5. The van der Waals surface area contributed by atoms with Crippen LogP contribution in [0.1, 0.15) is 32.1 Å². The molecule has 0 bridgehead atoms. The smallest absolute Gasteiger partial charge is 0.244 e. The molecule has 36 heavy (non-hydrogen) atoms. The molecule has 12 heteroatoms. The van der Waals surface area contributed by atoms with Gasteiger partial charge in [-0.15, -0.1) is 0 Å². The van der Waals surface area contributed by atoms with Gasteiger partial charge in [0, 0.05) is 37.7 Å². The van der Waals surface area contributed by atoms with Crippen molar-refractivity contribution in [2.45, 2.75) is 43.0 Å². The van der Waals surface area contributed by atoms with Gasteiger partial charge in [-0.25, -0.2) is 8.42 Å². The summed E-state index contributed by atoms with van der Waals surface area (Å²) in [7, 11) is -4.20. The highest BCUT2D eigenvalue weighted by molar-refractivity contribution is 7.89. The van der Waals surface area contributed by atoms with Crippen molar-refractivity contribution in [1.29, 1.82) is 0 Å². The second-order valence-electron chi connectivity index (χ2n) is 8.68. The normalized spacial score (nSPS) is 16.1. The van der Waals surface area contributed by atoms with Crippen LogP contribution in [0.5, 0.6) is 0 Å². The summed E-state index contributed by atoms with van der Waals surface area (Å²) in [5.74, 6) is -1.37. The third-order valence-corrected chi connectivity index (χ3v) is 8.13. The zero-order valence-electron chi connectivity index (χ0n) is 19.9. The zero-order chi connectivity index (χ0) is 26.3. The lowest BCUT2D eigenvalue weighted by Gasteiger charge is -2.26. The maximum Gasteiger partial charge on any atom is 0.244 e. The zero-order valence-corrected chi connectivity index (χ0v) is 21.4. The minimum absolute atomic E-state index is 0.0107. The molecule has 1 aliphatic rings. The van der Waals surface area contributed by atoms with E-state index in [1.54, 1.807) is 29.2 Å². The summed E-state index contributed by atoms with van der Waals surface area (Å²) in [5.41, 5.74) is 5.36. The van der Waals surface area contributed by atoms with Gasteiger partial charge in [0.15, 0.2) is 0 Å². The van der Waals surface area contributed by atoms with Gasteiger partial charge in [0.2, 0.25) is 27.7 Å². The van der Waals surface area contributed by atoms with Crippen LogP contribution in [0, 0.1) is 0 Å². The standard InChI is InChI=1S/C24H31ClN4O6S/c25-19-7-5-18-15-20(8-6-17(18)14-19)36(34,35)29(16-22(26)31)21-9-12-28(24(21)33)11-2-1-4-23(32)27-10-3-13-30/h5-8,14-15,21,30H,1-4,9-13,16H2,(H2,26,31)(H,27,32). The van der Waals surface area contributed by atoms with Crippen molar-refractivity contribution >= 4 is 50.1 Å². The van der Waals surface area contributed by atoms with Crippen LogP contribution in [0.15, 0.2) is 41.3 Å². The average molecular weight is 539 g/mol. The molecule has 1 heterocycles. The number of rotatable bonds is 13. The first-order chi connectivity index (χ1) is 17.1. The van der Waals surface area contributed by atoms with Crippen LogP contribution >= 0.6 is 11.6 Å².